The molecule has 102 valence electrons. The fraction of sp³-hybridized carbons (Fsp3) is 0.688. The van der Waals surface area contributed by atoms with Crippen LogP contribution in [0.1, 0.15) is 51.5 Å². The van der Waals surface area contributed by atoms with E-state index in [2.05, 4.69) is 30.2 Å². The highest BCUT2D eigenvalue weighted by Gasteiger charge is 2.10. The van der Waals surface area contributed by atoms with Gasteiger partial charge in [-0.1, -0.05) is 32.8 Å². The first-order chi connectivity index (χ1) is 8.86. The van der Waals surface area contributed by atoms with Gasteiger partial charge in [0, 0.05) is 12.4 Å². The summed E-state index contributed by atoms with van der Waals surface area (Å²) >= 11 is 0. The minimum Gasteiger partial charge on any atom is -0.316 e. The average molecular weight is 248 g/mol. The number of rotatable bonds is 4. The third-order valence-corrected chi connectivity index (χ3v) is 3.36. The van der Waals surface area contributed by atoms with Crippen molar-refractivity contribution in [3.63, 3.8) is 0 Å². The lowest BCUT2D eigenvalue weighted by Gasteiger charge is -2.21. The molecule has 1 aliphatic rings. The summed E-state index contributed by atoms with van der Waals surface area (Å²) in [6.45, 7) is 6.97. The van der Waals surface area contributed by atoms with Crippen molar-refractivity contribution < 1.29 is 0 Å². The minimum atomic E-state index is 0.990. The molecule has 1 atom stereocenters. The van der Waals surface area contributed by atoms with Crippen molar-refractivity contribution in [3.05, 3.63) is 30.1 Å². The van der Waals surface area contributed by atoms with Crippen molar-refractivity contribution in [1.29, 1.82) is 0 Å². The smallest absolute Gasteiger partial charge is 0.0299 e. The van der Waals surface area contributed by atoms with Crippen LogP contribution in [-0.2, 0) is 6.42 Å². The van der Waals surface area contributed by atoms with Crippen LogP contribution in [0.3, 0.4) is 0 Å². The van der Waals surface area contributed by atoms with Gasteiger partial charge in [0.2, 0.25) is 0 Å². The van der Waals surface area contributed by atoms with Gasteiger partial charge in [-0.15, -0.1) is 0 Å². The second kappa shape index (κ2) is 10.1. The van der Waals surface area contributed by atoms with Crippen LogP contribution in [0.25, 0.3) is 0 Å². The molecule has 0 aliphatic carbocycles. The van der Waals surface area contributed by atoms with E-state index in [1.807, 2.05) is 12.3 Å². The first kappa shape index (κ1) is 15.2. The standard InChI is InChI=1S/C8H17N.C8H11N/c2*1-2-4-8-5-3-6-9-7-8/h8-9H,2-7H2,1H3;3,5-7H,2,4H2,1H3. The Morgan fingerprint density at radius 3 is 2.78 bits per heavy atom. The van der Waals surface area contributed by atoms with Crippen LogP contribution in [0.2, 0.25) is 0 Å². The molecule has 1 aromatic heterocycles. The van der Waals surface area contributed by atoms with Gasteiger partial charge in [-0.05, 0) is 56.3 Å². The molecule has 0 aromatic carbocycles. The van der Waals surface area contributed by atoms with Crippen molar-refractivity contribution >= 4 is 0 Å². The largest absolute Gasteiger partial charge is 0.316 e. The Bertz CT molecular complexity index is 276. The summed E-state index contributed by atoms with van der Waals surface area (Å²) in [7, 11) is 0. The molecule has 1 saturated heterocycles. The molecule has 1 N–H and O–H groups in total. The number of aromatic nitrogens is 1. The molecular formula is C16H28N2. The Kier molecular flexibility index (Phi) is 8.49. The molecule has 1 aliphatic heterocycles. The summed E-state index contributed by atoms with van der Waals surface area (Å²) in [4.78, 5) is 4.00. The maximum absolute atomic E-state index is 4.00. The van der Waals surface area contributed by atoms with Gasteiger partial charge in [0.1, 0.15) is 0 Å². The lowest BCUT2D eigenvalue weighted by Crippen LogP contribution is -2.29. The monoisotopic (exact) mass is 248 g/mol. The number of piperidine rings is 1. The molecule has 2 heteroatoms. The van der Waals surface area contributed by atoms with Crippen molar-refractivity contribution in [1.82, 2.24) is 10.3 Å². The van der Waals surface area contributed by atoms with Crippen molar-refractivity contribution in [3.8, 4) is 0 Å². The van der Waals surface area contributed by atoms with E-state index < -0.39 is 0 Å². The first-order valence-corrected chi connectivity index (χ1v) is 7.46. The van der Waals surface area contributed by atoms with E-state index in [0.29, 0.717) is 0 Å². The van der Waals surface area contributed by atoms with Gasteiger partial charge < -0.3 is 5.32 Å². The van der Waals surface area contributed by atoms with Gasteiger partial charge in [-0.3, -0.25) is 4.98 Å². The molecular weight excluding hydrogens is 220 g/mol. The highest BCUT2D eigenvalue weighted by molar-refractivity contribution is 5.07. The molecule has 0 radical (unpaired) electrons. The second-order valence-electron chi connectivity index (χ2n) is 5.11. The maximum Gasteiger partial charge on any atom is 0.0299 e. The van der Waals surface area contributed by atoms with E-state index in [1.54, 1.807) is 6.20 Å². The van der Waals surface area contributed by atoms with E-state index in [0.717, 1.165) is 12.3 Å². The molecule has 2 heterocycles. The summed E-state index contributed by atoms with van der Waals surface area (Å²) < 4.78 is 0. The Hall–Kier alpha value is -0.890. The molecule has 0 amide bonds. The average Bonchev–Trinajstić information content (AvgIpc) is 2.43. The van der Waals surface area contributed by atoms with E-state index >= 15 is 0 Å². The number of hydrogen-bond acceptors (Lipinski definition) is 2. The van der Waals surface area contributed by atoms with Crippen molar-refractivity contribution in [2.45, 2.75) is 52.4 Å². The number of aryl methyl sites for hydroxylation is 1. The molecule has 18 heavy (non-hydrogen) atoms. The van der Waals surface area contributed by atoms with Crippen molar-refractivity contribution in [2.24, 2.45) is 5.92 Å². The molecule has 0 spiro atoms. The molecule has 2 rings (SSSR count). The van der Waals surface area contributed by atoms with Crippen LogP contribution in [0.5, 0.6) is 0 Å². The third-order valence-electron chi connectivity index (χ3n) is 3.36. The lowest BCUT2D eigenvalue weighted by atomic mass is 9.95. The predicted molar refractivity (Wildman–Crippen MR) is 78.7 cm³/mol. The van der Waals surface area contributed by atoms with Gasteiger partial charge in [-0.25, -0.2) is 0 Å². The maximum atomic E-state index is 4.00. The fourth-order valence-corrected chi connectivity index (χ4v) is 2.41. The van der Waals surface area contributed by atoms with Crippen LogP contribution >= 0.6 is 0 Å². The molecule has 1 unspecified atom stereocenters. The minimum absolute atomic E-state index is 0.990. The zero-order valence-electron chi connectivity index (χ0n) is 12.0. The zero-order valence-corrected chi connectivity index (χ0v) is 12.0. The van der Waals surface area contributed by atoms with Crippen molar-refractivity contribution in [2.75, 3.05) is 13.1 Å². The summed E-state index contributed by atoms with van der Waals surface area (Å²) in [5.74, 6) is 0.990. The van der Waals surface area contributed by atoms with Crippen LogP contribution in [-0.4, -0.2) is 18.1 Å². The van der Waals surface area contributed by atoms with Gasteiger partial charge in [0.15, 0.2) is 0 Å². The Morgan fingerprint density at radius 1 is 1.33 bits per heavy atom. The van der Waals surface area contributed by atoms with Crippen LogP contribution in [0.4, 0.5) is 0 Å². The molecule has 2 nitrogen and oxygen atoms in total. The number of hydrogen-bond donors (Lipinski definition) is 1. The predicted octanol–water partition coefficient (Wildman–Crippen LogP) is 3.82. The summed E-state index contributed by atoms with van der Waals surface area (Å²) in [6.07, 6.45) is 11.7. The number of nitrogens with zero attached hydrogens (tertiary/aromatic N) is 1. The summed E-state index contributed by atoms with van der Waals surface area (Å²) in [5.41, 5.74) is 1.33. The highest BCUT2D eigenvalue weighted by Crippen LogP contribution is 2.14. The highest BCUT2D eigenvalue weighted by atomic mass is 14.9. The molecule has 1 aromatic rings. The normalized spacial score (nSPS) is 18.9. The van der Waals surface area contributed by atoms with E-state index in [1.165, 1.54) is 50.8 Å². The second-order valence-corrected chi connectivity index (χ2v) is 5.11. The third kappa shape index (κ3) is 6.75. The van der Waals surface area contributed by atoms with E-state index in [4.69, 9.17) is 0 Å². The summed E-state index contributed by atoms with van der Waals surface area (Å²) in [6, 6.07) is 4.08. The lowest BCUT2D eigenvalue weighted by molar-refractivity contribution is 0.355. The van der Waals surface area contributed by atoms with Gasteiger partial charge >= 0.3 is 0 Å². The van der Waals surface area contributed by atoms with Crippen LogP contribution in [0, 0.1) is 5.92 Å². The molecule has 0 bridgehead atoms. The van der Waals surface area contributed by atoms with Gasteiger partial charge in [0.25, 0.3) is 0 Å². The molecule has 0 saturated carbocycles. The van der Waals surface area contributed by atoms with E-state index in [9.17, 15) is 0 Å². The Balaban J connectivity index is 0.000000180. The SMILES string of the molecule is CCCC1CCCNC1.CCCc1cccnc1. The number of nitrogens with one attached hydrogen (secondary N) is 1. The quantitative estimate of drug-likeness (QED) is 0.876. The summed E-state index contributed by atoms with van der Waals surface area (Å²) in [5, 5.41) is 3.42. The molecule has 1 fully saturated rings. The topological polar surface area (TPSA) is 24.9 Å². The first-order valence-electron chi connectivity index (χ1n) is 7.46. The van der Waals surface area contributed by atoms with Crippen LogP contribution < -0.4 is 5.32 Å². The Morgan fingerprint density at radius 2 is 2.22 bits per heavy atom. The van der Waals surface area contributed by atoms with Gasteiger partial charge in [-0.2, -0.15) is 0 Å². The zero-order chi connectivity index (χ0) is 13.1. The van der Waals surface area contributed by atoms with E-state index in [-0.39, 0.29) is 0 Å². The van der Waals surface area contributed by atoms with Crippen LogP contribution in [0.15, 0.2) is 24.5 Å². The fourth-order valence-electron chi connectivity index (χ4n) is 2.41. The van der Waals surface area contributed by atoms with Gasteiger partial charge in [0.05, 0.1) is 0 Å². The Labute approximate surface area is 112 Å². The number of pyridine rings is 1.